The summed E-state index contributed by atoms with van der Waals surface area (Å²) in [6.07, 6.45) is 2.21. The number of hydrogen-bond donors (Lipinski definition) is 1. The van der Waals surface area contributed by atoms with Crippen LogP contribution in [0.5, 0.6) is 5.75 Å². The third-order valence-corrected chi connectivity index (χ3v) is 2.78. The fourth-order valence-corrected chi connectivity index (χ4v) is 1.87. The summed E-state index contributed by atoms with van der Waals surface area (Å²) in [5.41, 5.74) is 6.25. The molecule has 6 heteroatoms. The predicted molar refractivity (Wildman–Crippen MR) is 71.8 cm³/mol. The second-order valence-corrected chi connectivity index (χ2v) is 4.41. The van der Waals surface area contributed by atoms with E-state index in [0.717, 1.165) is 18.4 Å². The van der Waals surface area contributed by atoms with Crippen molar-refractivity contribution in [3.8, 4) is 5.75 Å². The van der Waals surface area contributed by atoms with Crippen molar-refractivity contribution in [1.82, 2.24) is 10.1 Å². The first-order chi connectivity index (χ1) is 9.74. The molecular weight excluding hydrogens is 261 g/mol. The standard InChI is InChI=1S/C14H18FN3O2/c1-2-4-13-17-12(18-20-13)9-19-14-10(7-8-16)5-3-6-11(14)15/h3,5-6H,2,4,7-9,16H2,1H3. The van der Waals surface area contributed by atoms with Crippen LogP contribution in [0.15, 0.2) is 22.7 Å². The maximum absolute atomic E-state index is 13.8. The molecule has 20 heavy (non-hydrogen) atoms. The van der Waals surface area contributed by atoms with Gasteiger partial charge in [-0.1, -0.05) is 24.2 Å². The first kappa shape index (κ1) is 14.5. The third-order valence-electron chi connectivity index (χ3n) is 2.78. The lowest BCUT2D eigenvalue weighted by atomic mass is 10.1. The van der Waals surface area contributed by atoms with Gasteiger partial charge < -0.3 is 15.0 Å². The van der Waals surface area contributed by atoms with Gasteiger partial charge in [-0.05, 0) is 31.0 Å². The highest BCUT2D eigenvalue weighted by Crippen LogP contribution is 2.23. The van der Waals surface area contributed by atoms with Gasteiger partial charge in [0.2, 0.25) is 11.7 Å². The lowest BCUT2D eigenvalue weighted by Gasteiger charge is -2.10. The Bertz CT molecular complexity index is 557. The van der Waals surface area contributed by atoms with E-state index < -0.39 is 5.82 Å². The summed E-state index contributed by atoms with van der Waals surface area (Å²) in [6.45, 7) is 2.53. The van der Waals surface area contributed by atoms with Crippen LogP contribution in [0.4, 0.5) is 4.39 Å². The Labute approximate surface area is 116 Å². The minimum atomic E-state index is -0.409. The number of rotatable bonds is 7. The number of hydrogen-bond acceptors (Lipinski definition) is 5. The number of nitrogens with two attached hydrogens (primary N) is 1. The minimum Gasteiger partial charge on any atom is -0.482 e. The van der Waals surface area contributed by atoms with Gasteiger partial charge in [-0.15, -0.1) is 0 Å². The van der Waals surface area contributed by atoms with Crippen LogP contribution >= 0.6 is 0 Å². The molecule has 0 bridgehead atoms. The molecule has 0 aliphatic carbocycles. The van der Waals surface area contributed by atoms with Crippen LogP contribution < -0.4 is 10.5 Å². The van der Waals surface area contributed by atoms with Gasteiger partial charge in [0, 0.05) is 6.42 Å². The maximum atomic E-state index is 13.8. The number of aromatic nitrogens is 2. The number of ether oxygens (including phenoxy) is 1. The highest BCUT2D eigenvalue weighted by atomic mass is 19.1. The van der Waals surface area contributed by atoms with E-state index in [4.69, 9.17) is 15.0 Å². The highest BCUT2D eigenvalue weighted by Gasteiger charge is 2.12. The van der Waals surface area contributed by atoms with E-state index in [2.05, 4.69) is 10.1 Å². The molecule has 0 amide bonds. The van der Waals surface area contributed by atoms with Gasteiger partial charge in [-0.25, -0.2) is 4.39 Å². The second-order valence-electron chi connectivity index (χ2n) is 4.41. The Morgan fingerprint density at radius 2 is 2.20 bits per heavy atom. The average Bonchev–Trinajstić information content (AvgIpc) is 2.87. The minimum absolute atomic E-state index is 0.0751. The fraction of sp³-hybridized carbons (Fsp3) is 0.429. The number of nitrogens with zero attached hydrogens (tertiary/aromatic N) is 2. The number of para-hydroxylation sites is 1. The van der Waals surface area contributed by atoms with Gasteiger partial charge in [0.05, 0.1) is 0 Å². The van der Waals surface area contributed by atoms with Gasteiger partial charge in [-0.3, -0.25) is 0 Å². The van der Waals surface area contributed by atoms with Gasteiger partial charge in [0.25, 0.3) is 0 Å². The van der Waals surface area contributed by atoms with Crippen molar-refractivity contribution in [1.29, 1.82) is 0 Å². The van der Waals surface area contributed by atoms with E-state index in [1.165, 1.54) is 6.07 Å². The maximum Gasteiger partial charge on any atom is 0.226 e. The molecule has 1 heterocycles. The zero-order valence-electron chi connectivity index (χ0n) is 11.4. The third kappa shape index (κ3) is 3.54. The molecule has 0 atom stereocenters. The Morgan fingerprint density at radius 1 is 1.35 bits per heavy atom. The highest BCUT2D eigenvalue weighted by molar-refractivity contribution is 5.35. The predicted octanol–water partition coefficient (Wildman–Crippen LogP) is 2.24. The molecular formula is C14H18FN3O2. The molecule has 2 N–H and O–H groups in total. The molecule has 1 aromatic carbocycles. The molecule has 108 valence electrons. The van der Waals surface area contributed by atoms with Crippen molar-refractivity contribution in [2.24, 2.45) is 5.73 Å². The van der Waals surface area contributed by atoms with Crippen molar-refractivity contribution in [2.45, 2.75) is 32.8 Å². The summed E-state index contributed by atoms with van der Waals surface area (Å²) < 4.78 is 24.3. The van der Waals surface area contributed by atoms with Gasteiger partial charge in [0.15, 0.2) is 18.2 Å². The Kier molecular flexibility index (Phi) is 5.06. The summed E-state index contributed by atoms with van der Waals surface area (Å²) in [7, 11) is 0. The number of benzene rings is 1. The topological polar surface area (TPSA) is 74.2 Å². The molecule has 2 rings (SSSR count). The largest absolute Gasteiger partial charge is 0.482 e. The molecule has 2 aromatic rings. The van der Waals surface area contributed by atoms with Crippen molar-refractivity contribution in [3.63, 3.8) is 0 Å². The lowest BCUT2D eigenvalue weighted by molar-refractivity contribution is 0.269. The van der Waals surface area contributed by atoms with Crippen LogP contribution in [0.25, 0.3) is 0 Å². The summed E-state index contributed by atoms with van der Waals surface area (Å²) in [5, 5.41) is 3.80. The van der Waals surface area contributed by atoms with E-state index in [0.29, 0.717) is 24.7 Å². The monoisotopic (exact) mass is 279 g/mol. The zero-order chi connectivity index (χ0) is 14.4. The summed E-state index contributed by atoms with van der Waals surface area (Å²) >= 11 is 0. The normalized spacial score (nSPS) is 10.8. The van der Waals surface area contributed by atoms with E-state index in [9.17, 15) is 4.39 Å². The van der Waals surface area contributed by atoms with Crippen molar-refractivity contribution in [3.05, 3.63) is 41.3 Å². The molecule has 0 aliphatic rings. The van der Waals surface area contributed by atoms with E-state index >= 15 is 0 Å². The van der Waals surface area contributed by atoms with E-state index in [1.807, 2.05) is 6.92 Å². The van der Waals surface area contributed by atoms with Gasteiger partial charge in [0.1, 0.15) is 0 Å². The molecule has 5 nitrogen and oxygen atoms in total. The smallest absolute Gasteiger partial charge is 0.226 e. The lowest BCUT2D eigenvalue weighted by Crippen LogP contribution is -2.07. The Balaban J connectivity index is 2.05. The molecule has 0 fully saturated rings. The molecule has 0 unspecified atom stereocenters. The first-order valence-electron chi connectivity index (χ1n) is 6.66. The molecule has 0 saturated heterocycles. The number of aryl methyl sites for hydroxylation is 1. The average molecular weight is 279 g/mol. The second kappa shape index (κ2) is 7.00. The van der Waals surface area contributed by atoms with Crippen LogP contribution in [-0.2, 0) is 19.4 Å². The van der Waals surface area contributed by atoms with E-state index in [1.54, 1.807) is 12.1 Å². The molecule has 0 spiro atoms. The van der Waals surface area contributed by atoms with Gasteiger partial charge in [-0.2, -0.15) is 4.98 Å². The fourth-order valence-electron chi connectivity index (χ4n) is 1.87. The zero-order valence-corrected chi connectivity index (χ0v) is 11.4. The molecule has 0 saturated carbocycles. The van der Waals surface area contributed by atoms with Crippen molar-refractivity contribution >= 4 is 0 Å². The van der Waals surface area contributed by atoms with Crippen LogP contribution in [0, 0.1) is 5.82 Å². The quantitative estimate of drug-likeness (QED) is 0.841. The van der Waals surface area contributed by atoms with Crippen LogP contribution in [-0.4, -0.2) is 16.7 Å². The summed E-state index contributed by atoms with van der Waals surface area (Å²) in [6, 6.07) is 4.79. The van der Waals surface area contributed by atoms with Gasteiger partial charge >= 0.3 is 0 Å². The van der Waals surface area contributed by atoms with Crippen LogP contribution in [0.3, 0.4) is 0 Å². The SMILES string of the molecule is CCCc1nc(COc2c(F)cccc2CCN)no1. The van der Waals surface area contributed by atoms with E-state index in [-0.39, 0.29) is 12.4 Å². The molecule has 0 radical (unpaired) electrons. The van der Waals surface area contributed by atoms with Crippen LogP contribution in [0.2, 0.25) is 0 Å². The summed E-state index contributed by atoms with van der Waals surface area (Å²) in [5.74, 6) is 0.783. The number of halogens is 1. The molecule has 0 aliphatic heterocycles. The first-order valence-corrected chi connectivity index (χ1v) is 6.66. The van der Waals surface area contributed by atoms with Crippen molar-refractivity contribution in [2.75, 3.05) is 6.54 Å². The molecule has 1 aromatic heterocycles. The van der Waals surface area contributed by atoms with Crippen molar-refractivity contribution < 1.29 is 13.7 Å². The van der Waals surface area contributed by atoms with Crippen LogP contribution in [0.1, 0.15) is 30.6 Å². The Hall–Kier alpha value is -1.95. The summed E-state index contributed by atoms with van der Waals surface area (Å²) in [4.78, 5) is 4.17. The Morgan fingerprint density at radius 3 is 2.95 bits per heavy atom.